The first kappa shape index (κ1) is 14.9. The van der Waals surface area contributed by atoms with E-state index in [-0.39, 0.29) is 0 Å². The van der Waals surface area contributed by atoms with Crippen molar-refractivity contribution in [2.24, 2.45) is 0 Å². The first-order chi connectivity index (χ1) is 10.4. The standard InChI is InChI=1S/C17H24N2OS/c1-2-8-18-15(6-5-14-4-3-9-20-14)13-11-17-16(19-12-13)7-10-21-17/h7,10-12,14-15,18H,2-6,8-9H2,1H3. The number of fused-ring (bicyclic) bond motifs is 1. The summed E-state index contributed by atoms with van der Waals surface area (Å²) in [5.74, 6) is 0. The van der Waals surface area contributed by atoms with Gasteiger partial charge in [-0.3, -0.25) is 4.98 Å². The fourth-order valence-electron chi connectivity index (χ4n) is 2.98. The fraction of sp³-hybridized carbons (Fsp3) is 0.588. The molecule has 1 aliphatic rings. The summed E-state index contributed by atoms with van der Waals surface area (Å²) >= 11 is 1.77. The van der Waals surface area contributed by atoms with Crippen LogP contribution in [0.25, 0.3) is 10.2 Å². The molecule has 4 heteroatoms. The first-order valence-corrected chi connectivity index (χ1v) is 8.93. The number of nitrogens with one attached hydrogen (secondary N) is 1. The average molecular weight is 304 g/mol. The lowest BCUT2D eigenvalue weighted by Gasteiger charge is -2.20. The molecule has 2 unspecified atom stereocenters. The van der Waals surface area contributed by atoms with Gasteiger partial charge >= 0.3 is 0 Å². The monoisotopic (exact) mass is 304 g/mol. The normalized spacial score (nSPS) is 20.1. The summed E-state index contributed by atoms with van der Waals surface area (Å²) in [5, 5.41) is 5.79. The maximum atomic E-state index is 5.76. The van der Waals surface area contributed by atoms with Crippen molar-refractivity contribution in [3.63, 3.8) is 0 Å². The third kappa shape index (κ3) is 3.82. The predicted octanol–water partition coefficient (Wildman–Crippen LogP) is 4.30. The lowest BCUT2D eigenvalue weighted by Crippen LogP contribution is -2.23. The van der Waals surface area contributed by atoms with Crippen LogP contribution in [0.4, 0.5) is 0 Å². The summed E-state index contributed by atoms with van der Waals surface area (Å²) in [6, 6.07) is 4.79. The number of pyridine rings is 1. The largest absolute Gasteiger partial charge is 0.378 e. The predicted molar refractivity (Wildman–Crippen MR) is 88.9 cm³/mol. The number of rotatable bonds is 7. The second kappa shape index (κ2) is 7.34. The molecule has 1 fully saturated rings. The minimum absolute atomic E-state index is 0.396. The molecule has 0 radical (unpaired) electrons. The van der Waals surface area contributed by atoms with Crippen LogP contribution in [0.5, 0.6) is 0 Å². The Morgan fingerprint density at radius 3 is 3.29 bits per heavy atom. The Kier molecular flexibility index (Phi) is 5.22. The van der Waals surface area contributed by atoms with Crippen molar-refractivity contribution in [1.82, 2.24) is 10.3 Å². The van der Waals surface area contributed by atoms with Crippen LogP contribution in [-0.2, 0) is 4.74 Å². The molecule has 2 aromatic rings. The first-order valence-electron chi connectivity index (χ1n) is 8.05. The van der Waals surface area contributed by atoms with Crippen LogP contribution in [0.1, 0.15) is 50.6 Å². The molecule has 2 atom stereocenters. The van der Waals surface area contributed by atoms with Crippen molar-refractivity contribution in [2.45, 2.75) is 51.2 Å². The minimum atomic E-state index is 0.396. The molecule has 0 bridgehead atoms. The Bertz CT molecular complexity index is 563. The molecule has 0 aromatic carbocycles. The van der Waals surface area contributed by atoms with Gasteiger partial charge in [-0.1, -0.05) is 6.92 Å². The van der Waals surface area contributed by atoms with Crippen LogP contribution in [-0.4, -0.2) is 24.2 Å². The van der Waals surface area contributed by atoms with Crippen molar-refractivity contribution < 1.29 is 4.74 Å². The van der Waals surface area contributed by atoms with Crippen molar-refractivity contribution in [3.05, 3.63) is 29.3 Å². The molecule has 3 heterocycles. The van der Waals surface area contributed by atoms with E-state index in [0.717, 1.165) is 37.9 Å². The molecular weight excluding hydrogens is 280 g/mol. The Morgan fingerprint density at radius 2 is 2.48 bits per heavy atom. The van der Waals surface area contributed by atoms with Crippen molar-refractivity contribution in [1.29, 1.82) is 0 Å². The fourth-order valence-corrected chi connectivity index (χ4v) is 3.77. The van der Waals surface area contributed by atoms with Gasteiger partial charge in [0.1, 0.15) is 0 Å². The highest BCUT2D eigenvalue weighted by molar-refractivity contribution is 7.17. The number of hydrogen-bond donors (Lipinski definition) is 1. The van der Waals surface area contributed by atoms with Gasteiger partial charge in [0.2, 0.25) is 0 Å². The molecule has 21 heavy (non-hydrogen) atoms. The van der Waals surface area contributed by atoms with Gasteiger partial charge in [0.25, 0.3) is 0 Å². The SMILES string of the molecule is CCCNC(CCC1CCCO1)c1cnc2ccsc2c1. The smallest absolute Gasteiger partial charge is 0.0809 e. The van der Waals surface area contributed by atoms with Crippen molar-refractivity contribution in [2.75, 3.05) is 13.2 Å². The van der Waals surface area contributed by atoms with Crippen LogP contribution in [0, 0.1) is 0 Å². The summed E-state index contributed by atoms with van der Waals surface area (Å²) in [6.45, 7) is 4.21. The van der Waals surface area contributed by atoms with Gasteiger partial charge < -0.3 is 10.1 Å². The van der Waals surface area contributed by atoms with E-state index in [0.29, 0.717) is 12.1 Å². The molecule has 3 nitrogen and oxygen atoms in total. The van der Waals surface area contributed by atoms with Crippen LogP contribution >= 0.6 is 11.3 Å². The number of aromatic nitrogens is 1. The van der Waals surface area contributed by atoms with E-state index < -0.39 is 0 Å². The van der Waals surface area contributed by atoms with E-state index >= 15 is 0 Å². The molecule has 0 amide bonds. The number of thiophene rings is 1. The van der Waals surface area contributed by atoms with Gasteiger partial charge in [0.05, 0.1) is 16.3 Å². The molecule has 1 aliphatic heterocycles. The third-order valence-corrected chi connectivity index (χ3v) is 5.02. The summed E-state index contributed by atoms with van der Waals surface area (Å²) in [5.41, 5.74) is 2.42. The van der Waals surface area contributed by atoms with Crippen LogP contribution < -0.4 is 5.32 Å². The van der Waals surface area contributed by atoms with Gasteiger partial charge in [-0.2, -0.15) is 0 Å². The Labute approximate surface area is 130 Å². The van der Waals surface area contributed by atoms with Gasteiger partial charge in [0, 0.05) is 18.8 Å². The van der Waals surface area contributed by atoms with Crippen LogP contribution in [0.15, 0.2) is 23.7 Å². The number of hydrogen-bond acceptors (Lipinski definition) is 4. The zero-order valence-corrected chi connectivity index (χ0v) is 13.5. The molecule has 3 rings (SSSR count). The maximum absolute atomic E-state index is 5.76. The molecule has 1 saturated heterocycles. The Hall–Kier alpha value is -0.970. The topological polar surface area (TPSA) is 34.1 Å². The molecule has 114 valence electrons. The maximum Gasteiger partial charge on any atom is 0.0809 e. The third-order valence-electron chi connectivity index (χ3n) is 4.17. The second-order valence-corrected chi connectivity index (χ2v) is 6.74. The lowest BCUT2D eigenvalue weighted by molar-refractivity contribution is 0.0996. The van der Waals surface area contributed by atoms with Crippen LogP contribution in [0.3, 0.4) is 0 Å². The van der Waals surface area contributed by atoms with Gasteiger partial charge in [0.15, 0.2) is 0 Å². The van der Waals surface area contributed by atoms with E-state index in [1.807, 2.05) is 6.20 Å². The highest BCUT2D eigenvalue weighted by Gasteiger charge is 2.19. The Morgan fingerprint density at radius 1 is 1.52 bits per heavy atom. The van der Waals surface area contributed by atoms with Gasteiger partial charge in [-0.25, -0.2) is 0 Å². The van der Waals surface area contributed by atoms with Gasteiger partial charge in [-0.05, 0) is 61.7 Å². The number of ether oxygens (including phenoxy) is 1. The van der Waals surface area contributed by atoms with E-state index in [1.165, 1.54) is 23.1 Å². The van der Waals surface area contributed by atoms with E-state index in [1.54, 1.807) is 11.3 Å². The van der Waals surface area contributed by atoms with E-state index in [9.17, 15) is 0 Å². The average Bonchev–Trinajstić information content (AvgIpc) is 3.17. The van der Waals surface area contributed by atoms with Crippen LogP contribution in [0.2, 0.25) is 0 Å². The van der Waals surface area contributed by atoms with Gasteiger partial charge in [-0.15, -0.1) is 11.3 Å². The van der Waals surface area contributed by atoms with Crippen molar-refractivity contribution >= 4 is 21.6 Å². The zero-order valence-electron chi connectivity index (χ0n) is 12.7. The molecule has 0 saturated carbocycles. The summed E-state index contributed by atoms with van der Waals surface area (Å²) in [4.78, 5) is 4.59. The van der Waals surface area contributed by atoms with E-state index in [2.05, 4.69) is 34.7 Å². The molecule has 0 aliphatic carbocycles. The molecular formula is C17H24N2OS. The summed E-state index contributed by atoms with van der Waals surface area (Å²) < 4.78 is 7.05. The summed E-state index contributed by atoms with van der Waals surface area (Å²) in [7, 11) is 0. The molecule has 0 spiro atoms. The number of nitrogens with zero attached hydrogens (tertiary/aromatic N) is 1. The molecule has 1 N–H and O–H groups in total. The highest BCUT2D eigenvalue weighted by atomic mass is 32.1. The van der Waals surface area contributed by atoms with Crippen molar-refractivity contribution in [3.8, 4) is 0 Å². The lowest BCUT2D eigenvalue weighted by atomic mass is 10.00. The second-order valence-electron chi connectivity index (χ2n) is 5.79. The quantitative estimate of drug-likeness (QED) is 0.828. The summed E-state index contributed by atoms with van der Waals surface area (Å²) in [6.07, 6.45) is 8.38. The van der Waals surface area contributed by atoms with E-state index in [4.69, 9.17) is 4.74 Å². The highest BCUT2D eigenvalue weighted by Crippen LogP contribution is 2.27. The molecule has 2 aromatic heterocycles. The zero-order chi connectivity index (χ0) is 14.5. The Balaban J connectivity index is 1.69. The minimum Gasteiger partial charge on any atom is -0.378 e.